The Morgan fingerprint density at radius 2 is 1.69 bits per heavy atom. The summed E-state index contributed by atoms with van der Waals surface area (Å²) in [6.07, 6.45) is 3.31. The van der Waals surface area contributed by atoms with Crippen molar-refractivity contribution in [3.8, 4) is 0 Å². The zero-order valence-electron chi connectivity index (χ0n) is 16.0. The van der Waals surface area contributed by atoms with Gasteiger partial charge >= 0.3 is 0 Å². The summed E-state index contributed by atoms with van der Waals surface area (Å²) in [6, 6.07) is 6.33. The quantitative estimate of drug-likeness (QED) is 0.362. The normalized spacial score (nSPS) is 12.9. The van der Waals surface area contributed by atoms with Crippen molar-refractivity contribution in [3.63, 3.8) is 0 Å². The first kappa shape index (κ1) is 22.4. The molecule has 0 aliphatic carbocycles. The Morgan fingerprint density at radius 3 is 2.15 bits per heavy atom. The molecule has 0 aromatic heterocycles. The summed E-state index contributed by atoms with van der Waals surface area (Å²) >= 11 is 0. The molecule has 0 saturated carbocycles. The Labute approximate surface area is 157 Å². The van der Waals surface area contributed by atoms with Gasteiger partial charge in [0.2, 0.25) is 10.0 Å². The van der Waals surface area contributed by atoms with Crippen molar-refractivity contribution in [3.05, 3.63) is 29.8 Å². The van der Waals surface area contributed by atoms with Gasteiger partial charge in [-0.3, -0.25) is 0 Å². The van der Waals surface area contributed by atoms with Crippen LogP contribution in [-0.2, 0) is 16.6 Å². The van der Waals surface area contributed by atoms with E-state index >= 15 is 0 Å². The first-order valence-corrected chi connectivity index (χ1v) is 10.6. The molecule has 0 aliphatic rings. The van der Waals surface area contributed by atoms with Crippen LogP contribution >= 0.6 is 0 Å². The van der Waals surface area contributed by atoms with E-state index in [1.165, 1.54) is 12.1 Å². The maximum Gasteiger partial charge on any atom is 0.238 e. The van der Waals surface area contributed by atoms with Crippen molar-refractivity contribution in [1.82, 2.24) is 10.6 Å². The zero-order chi connectivity index (χ0) is 19.6. The Balaban J connectivity index is 2.76. The molecule has 0 fully saturated rings. The smallest absolute Gasteiger partial charge is 0.238 e. The highest BCUT2D eigenvalue weighted by atomic mass is 32.2. The van der Waals surface area contributed by atoms with Crippen molar-refractivity contribution in [2.75, 3.05) is 13.1 Å². The Bertz CT molecular complexity index is 666. The lowest BCUT2D eigenvalue weighted by atomic mass is 9.93. The summed E-state index contributed by atoms with van der Waals surface area (Å²) in [6.45, 7) is 7.62. The van der Waals surface area contributed by atoms with Crippen molar-refractivity contribution < 1.29 is 13.5 Å². The molecule has 8 heteroatoms. The second kappa shape index (κ2) is 10.5. The Morgan fingerprint density at radius 1 is 1.12 bits per heavy atom. The second-order valence-electron chi connectivity index (χ2n) is 6.46. The molecule has 1 aromatic rings. The van der Waals surface area contributed by atoms with Gasteiger partial charge in [0.05, 0.1) is 17.0 Å². The predicted octanol–water partition coefficient (Wildman–Crippen LogP) is 1.72. The fourth-order valence-electron chi connectivity index (χ4n) is 2.78. The standard InChI is InChI=1S/C18H32N4O3S/c1-4-11-18(23,12-5-2)14-22-17(20-6-3)21-13-15-7-9-16(10-8-15)26(19,24)25/h7-10,23H,4-6,11-14H2,1-3H3,(H2,19,24,25)(H2,20,21,22). The highest BCUT2D eigenvalue weighted by Crippen LogP contribution is 2.18. The molecule has 1 rings (SSSR count). The summed E-state index contributed by atoms with van der Waals surface area (Å²) in [5.41, 5.74) is 0.128. The van der Waals surface area contributed by atoms with Crippen molar-refractivity contribution in [2.45, 2.75) is 63.5 Å². The molecule has 0 aliphatic heterocycles. The predicted molar refractivity (Wildman–Crippen MR) is 105 cm³/mol. The zero-order valence-corrected chi connectivity index (χ0v) is 16.8. The van der Waals surface area contributed by atoms with Crippen LogP contribution in [0.15, 0.2) is 34.2 Å². The van der Waals surface area contributed by atoms with E-state index < -0.39 is 15.6 Å². The third-order valence-electron chi connectivity index (χ3n) is 4.03. The van der Waals surface area contributed by atoms with Gasteiger partial charge in [0, 0.05) is 13.1 Å². The number of nitrogens with zero attached hydrogens (tertiary/aromatic N) is 1. The number of nitrogens with two attached hydrogens (primary N) is 1. The lowest BCUT2D eigenvalue weighted by Gasteiger charge is -2.28. The molecule has 0 saturated heterocycles. The number of hydrogen-bond acceptors (Lipinski definition) is 4. The average molecular weight is 385 g/mol. The molecule has 0 bridgehead atoms. The number of sulfonamides is 1. The van der Waals surface area contributed by atoms with Gasteiger partial charge in [0.15, 0.2) is 5.96 Å². The SMILES string of the molecule is CCCC(O)(CCC)CNC(=NCc1ccc(S(N)(=O)=O)cc1)NCC. The number of primary sulfonamides is 1. The van der Waals surface area contributed by atoms with E-state index in [0.29, 0.717) is 25.6 Å². The van der Waals surface area contributed by atoms with Crippen LogP contribution < -0.4 is 15.8 Å². The van der Waals surface area contributed by atoms with Gasteiger partial charge in [-0.1, -0.05) is 38.8 Å². The summed E-state index contributed by atoms with van der Waals surface area (Å²) < 4.78 is 22.6. The van der Waals surface area contributed by atoms with Crippen LogP contribution in [0.2, 0.25) is 0 Å². The fourth-order valence-corrected chi connectivity index (χ4v) is 3.29. The van der Waals surface area contributed by atoms with Gasteiger partial charge in [-0.05, 0) is 37.5 Å². The van der Waals surface area contributed by atoms with Crippen molar-refractivity contribution in [2.24, 2.45) is 10.1 Å². The van der Waals surface area contributed by atoms with Crippen LogP contribution in [-0.4, -0.2) is 38.2 Å². The molecule has 0 radical (unpaired) electrons. The lowest BCUT2D eigenvalue weighted by molar-refractivity contribution is 0.0257. The molecule has 148 valence electrons. The molecule has 0 amide bonds. The average Bonchev–Trinajstić information content (AvgIpc) is 2.57. The summed E-state index contributed by atoms with van der Waals surface area (Å²) in [7, 11) is -3.68. The number of guanidine groups is 1. The Kier molecular flexibility index (Phi) is 9.04. The summed E-state index contributed by atoms with van der Waals surface area (Å²) in [5, 5.41) is 22.2. The molecule has 5 N–H and O–H groups in total. The largest absolute Gasteiger partial charge is 0.388 e. The maximum absolute atomic E-state index is 11.3. The van der Waals surface area contributed by atoms with Crippen LogP contribution in [0.5, 0.6) is 0 Å². The second-order valence-corrected chi connectivity index (χ2v) is 8.02. The number of nitrogens with one attached hydrogen (secondary N) is 2. The molecular weight excluding hydrogens is 352 g/mol. The van der Waals surface area contributed by atoms with Crippen LogP contribution in [0.3, 0.4) is 0 Å². The van der Waals surface area contributed by atoms with Gasteiger partial charge in [-0.15, -0.1) is 0 Å². The van der Waals surface area contributed by atoms with E-state index in [-0.39, 0.29) is 4.90 Å². The van der Waals surface area contributed by atoms with Gasteiger partial charge in [0.25, 0.3) is 0 Å². The third-order valence-corrected chi connectivity index (χ3v) is 4.96. The Hall–Kier alpha value is -1.64. The summed E-state index contributed by atoms with van der Waals surface area (Å²) in [5.74, 6) is 0.619. The number of benzene rings is 1. The van der Waals surface area contributed by atoms with Crippen molar-refractivity contribution >= 4 is 16.0 Å². The highest BCUT2D eigenvalue weighted by Gasteiger charge is 2.24. The van der Waals surface area contributed by atoms with Crippen LogP contribution in [0, 0.1) is 0 Å². The van der Waals surface area contributed by atoms with Gasteiger partial charge in [-0.2, -0.15) is 0 Å². The molecule has 0 unspecified atom stereocenters. The molecule has 26 heavy (non-hydrogen) atoms. The van der Waals surface area contributed by atoms with Gasteiger partial charge in [0.1, 0.15) is 0 Å². The summed E-state index contributed by atoms with van der Waals surface area (Å²) in [4.78, 5) is 4.58. The number of aliphatic hydroxyl groups is 1. The minimum atomic E-state index is -3.68. The molecule has 0 atom stereocenters. The van der Waals surface area contributed by atoms with Crippen LogP contribution in [0.1, 0.15) is 52.0 Å². The van der Waals surface area contributed by atoms with Crippen molar-refractivity contribution in [1.29, 1.82) is 0 Å². The molecule has 1 aromatic carbocycles. The lowest BCUT2D eigenvalue weighted by Crippen LogP contribution is -2.47. The molecule has 0 heterocycles. The number of rotatable bonds is 10. The minimum absolute atomic E-state index is 0.0828. The first-order chi connectivity index (χ1) is 12.2. The molecular formula is C18H32N4O3S. The topological polar surface area (TPSA) is 117 Å². The monoisotopic (exact) mass is 384 g/mol. The van der Waals surface area contributed by atoms with Crippen LogP contribution in [0.25, 0.3) is 0 Å². The number of aliphatic imine (C=N–C) groups is 1. The molecule has 7 nitrogen and oxygen atoms in total. The highest BCUT2D eigenvalue weighted by molar-refractivity contribution is 7.89. The maximum atomic E-state index is 11.3. The van der Waals surface area contributed by atoms with Gasteiger partial charge < -0.3 is 15.7 Å². The third kappa shape index (κ3) is 7.72. The van der Waals surface area contributed by atoms with E-state index in [1.807, 2.05) is 6.92 Å². The van der Waals surface area contributed by atoms with E-state index in [0.717, 1.165) is 31.2 Å². The number of hydrogen-bond donors (Lipinski definition) is 4. The molecule has 0 spiro atoms. The van der Waals surface area contributed by atoms with Gasteiger partial charge in [-0.25, -0.2) is 18.5 Å². The van der Waals surface area contributed by atoms with E-state index in [2.05, 4.69) is 29.5 Å². The van der Waals surface area contributed by atoms with E-state index in [9.17, 15) is 13.5 Å². The van der Waals surface area contributed by atoms with E-state index in [1.54, 1.807) is 12.1 Å². The van der Waals surface area contributed by atoms with Crippen LogP contribution in [0.4, 0.5) is 0 Å². The minimum Gasteiger partial charge on any atom is -0.388 e. The first-order valence-electron chi connectivity index (χ1n) is 9.10. The van der Waals surface area contributed by atoms with E-state index in [4.69, 9.17) is 5.14 Å². The fraction of sp³-hybridized carbons (Fsp3) is 0.611.